The highest BCUT2D eigenvalue weighted by Crippen LogP contribution is 2.17. The molecule has 0 saturated carbocycles. The molecule has 2 unspecified atom stereocenters. The highest BCUT2D eigenvalue weighted by molar-refractivity contribution is 5.76. The molecule has 1 aliphatic heterocycles. The fraction of sp³-hybridized carbons (Fsp3) is 0.588. The van der Waals surface area contributed by atoms with Crippen LogP contribution in [0.5, 0.6) is 0 Å². The van der Waals surface area contributed by atoms with E-state index in [0.717, 1.165) is 19.6 Å². The Morgan fingerprint density at radius 1 is 1.41 bits per heavy atom. The smallest absolute Gasteiger partial charge is 0.222 e. The van der Waals surface area contributed by atoms with Crippen LogP contribution in [-0.4, -0.2) is 42.1 Å². The van der Waals surface area contributed by atoms with Crippen molar-refractivity contribution in [1.82, 2.24) is 10.2 Å². The van der Waals surface area contributed by atoms with E-state index < -0.39 is 11.9 Å². The van der Waals surface area contributed by atoms with Crippen LogP contribution < -0.4 is 5.32 Å². The molecule has 1 amide bonds. The number of carbonyl (C=O) groups is 1. The third-order valence-corrected chi connectivity index (χ3v) is 4.03. The quantitative estimate of drug-likeness (QED) is 0.811. The zero-order valence-electron chi connectivity index (χ0n) is 13.1. The van der Waals surface area contributed by atoms with Crippen LogP contribution in [0.1, 0.15) is 37.9 Å². The van der Waals surface area contributed by atoms with Crippen LogP contribution in [0, 0.1) is 11.7 Å². The largest absolute Gasteiger partial charge is 0.388 e. The van der Waals surface area contributed by atoms with E-state index in [1.54, 1.807) is 6.07 Å². The number of hydrogen-bond acceptors (Lipinski definition) is 3. The summed E-state index contributed by atoms with van der Waals surface area (Å²) in [6, 6.07) is 5.73. The Morgan fingerprint density at radius 2 is 2.14 bits per heavy atom. The first-order valence-electron chi connectivity index (χ1n) is 7.97. The van der Waals surface area contributed by atoms with Crippen molar-refractivity contribution < 1.29 is 14.3 Å². The van der Waals surface area contributed by atoms with Crippen LogP contribution in [0.4, 0.5) is 4.39 Å². The third-order valence-electron chi connectivity index (χ3n) is 4.03. The standard InChI is InChI=1S/C17H25FN2O2/c1-13(12-20-7-2-3-8-20)11-19-17(22)10-16(21)14-5-4-6-15(18)9-14/h4-6,9,13,16,21H,2-3,7-8,10-12H2,1H3,(H,19,22). The van der Waals surface area contributed by atoms with Crippen molar-refractivity contribution in [1.29, 1.82) is 0 Å². The first-order chi connectivity index (χ1) is 10.5. The first kappa shape index (κ1) is 16.9. The van der Waals surface area contributed by atoms with E-state index in [1.807, 2.05) is 0 Å². The Kier molecular flexibility index (Phi) is 6.34. The number of likely N-dealkylation sites (tertiary alicyclic amines) is 1. The highest BCUT2D eigenvalue weighted by Gasteiger charge is 2.17. The van der Waals surface area contributed by atoms with Gasteiger partial charge in [0.1, 0.15) is 5.82 Å². The van der Waals surface area contributed by atoms with E-state index in [0.29, 0.717) is 18.0 Å². The molecule has 1 aromatic carbocycles. The number of amides is 1. The van der Waals surface area contributed by atoms with Crippen LogP contribution in [0.15, 0.2) is 24.3 Å². The predicted octanol–water partition coefficient (Wildman–Crippen LogP) is 2.10. The number of halogens is 1. The second-order valence-corrected chi connectivity index (χ2v) is 6.19. The minimum Gasteiger partial charge on any atom is -0.388 e. The Balaban J connectivity index is 1.70. The zero-order valence-corrected chi connectivity index (χ0v) is 13.1. The predicted molar refractivity (Wildman–Crippen MR) is 83.8 cm³/mol. The SMILES string of the molecule is CC(CNC(=O)CC(O)c1cccc(F)c1)CN1CCCC1. The zero-order chi connectivity index (χ0) is 15.9. The summed E-state index contributed by atoms with van der Waals surface area (Å²) in [5, 5.41) is 12.8. The summed E-state index contributed by atoms with van der Waals surface area (Å²) in [7, 11) is 0. The molecular formula is C17H25FN2O2. The second kappa shape index (κ2) is 8.25. The number of benzene rings is 1. The van der Waals surface area contributed by atoms with Crippen LogP contribution in [0.3, 0.4) is 0 Å². The van der Waals surface area contributed by atoms with Crippen LogP contribution >= 0.6 is 0 Å². The van der Waals surface area contributed by atoms with Crippen molar-refractivity contribution in [2.75, 3.05) is 26.2 Å². The Morgan fingerprint density at radius 3 is 2.82 bits per heavy atom. The van der Waals surface area contributed by atoms with Gasteiger partial charge in [-0.1, -0.05) is 19.1 Å². The molecule has 2 atom stereocenters. The van der Waals surface area contributed by atoms with Gasteiger partial charge in [0.2, 0.25) is 5.91 Å². The lowest BCUT2D eigenvalue weighted by Crippen LogP contribution is -2.34. The van der Waals surface area contributed by atoms with E-state index in [1.165, 1.54) is 31.0 Å². The molecule has 0 spiro atoms. The maximum absolute atomic E-state index is 13.1. The van der Waals surface area contributed by atoms with Crippen molar-refractivity contribution in [2.45, 2.75) is 32.3 Å². The molecule has 5 heteroatoms. The van der Waals surface area contributed by atoms with Gasteiger partial charge in [0.05, 0.1) is 12.5 Å². The average molecular weight is 308 g/mol. The minimum absolute atomic E-state index is 0.0418. The Hall–Kier alpha value is -1.46. The molecule has 22 heavy (non-hydrogen) atoms. The summed E-state index contributed by atoms with van der Waals surface area (Å²) in [5.41, 5.74) is 0.431. The fourth-order valence-corrected chi connectivity index (χ4v) is 2.84. The van der Waals surface area contributed by atoms with Gasteiger partial charge in [0, 0.05) is 13.1 Å². The third kappa shape index (κ3) is 5.39. The second-order valence-electron chi connectivity index (χ2n) is 6.19. The van der Waals surface area contributed by atoms with Gasteiger partial charge in [-0.3, -0.25) is 4.79 Å². The molecular weight excluding hydrogens is 283 g/mol. The molecule has 2 rings (SSSR count). The number of aliphatic hydroxyl groups is 1. The van der Waals surface area contributed by atoms with Crippen molar-refractivity contribution in [3.05, 3.63) is 35.6 Å². The molecule has 0 aromatic heterocycles. The van der Waals surface area contributed by atoms with E-state index in [4.69, 9.17) is 0 Å². The van der Waals surface area contributed by atoms with E-state index >= 15 is 0 Å². The number of rotatable bonds is 7. The minimum atomic E-state index is -0.968. The number of aliphatic hydroxyl groups excluding tert-OH is 1. The van der Waals surface area contributed by atoms with E-state index in [2.05, 4.69) is 17.1 Å². The molecule has 1 aromatic rings. The number of nitrogens with zero attached hydrogens (tertiary/aromatic N) is 1. The maximum Gasteiger partial charge on any atom is 0.222 e. The lowest BCUT2D eigenvalue weighted by Gasteiger charge is -2.20. The van der Waals surface area contributed by atoms with Gasteiger partial charge >= 0.3 is 0 Å². The van der Waals surface area contributed by atoms with Crippen molar-refractivity contribution in [2.24, 2.45) is 5.92 Å². The fourth-order valence-electron chi connectivity index (χ4n) is 2.84. The molecule has 1 saturated heterocycles. The molecule has 0 bridgehead atoms. The number of carbonyl (C=O) groups excluding carboxylic acids is 1. The topological polar surface area (TPSA) is 52.6 Å². The normalized spacial score (nSPS) is 18.1. The molecule has 0 radical (unpaired) electrons. The Labute approximate surface area is 131 Å². The van der Waals surface area contributed by atoms with Gasteiger partial charge in [0.25, 0.3) is 0 Å². The molecule has 1 heterocycles. The van der Waals surface area contributed by atoms with Crippen molar-refractivity contribution >= 4 is 5.91 Å². The molecule has 1 aliphatic rings. The monoisotopic (exact) mass is 308 g/mol. The lowest BCUT2D eigenvalue weighted by atomic mass is 10.1. The summed E-state index contributed by atoms with van der Waals surface area (Å²) < 4.78 is 13.1. The van der Waals surface area contributed by atoms with E-state index in [9.17, 15) is 14.3 Å². The van der Waals surface area contributed by atoms with Crippen molar-refractivity contribution in [3.63, 3.8) is 0 Å². The van der Waals surface area contributed by atoms with Gasteiger partial charge in [-0.15, -0.1) is 0 Å². The number of hydrogen-bond donors (Lipinski definition) is 2. The van der Waals surface area contributed by atoms with Gasteiger partial charge in [-0.2, -0.15) is 0 Å². The molecule has 0 aliphatic carbocycles. The van der Waals surface area contributed by atoms with Gasteiger partial charge in [0.15, 0.2) is 0 Å². The van der Waals surface area contributed by atoms with Crippen molar-refractivity contribution in [3.8, 4) is 0 Å². The van der Waals surface area contributed by atoms with Gasteiger partial charge in [-0.25, -0.2) is 4.39 Å². The van der Waals surface area contributed by atoms with E-state index in [-0.39, 0.29) is 12.3 Å². The van der Waals surface area contributed by atoms with Crippen LogP contribution in [0.2, 0.25) is 0 Å². The lowest BCUT2D eigenvalue weighted by molar-refractivity contribution is -0.123. The maximum atomic E-state index is 13.1. The first-order valence-corrected chi connectivity index (χ1v) is 7.97. The average Bonchev–Trinajstić information content (AvgIpc) is 2.98. The number of nitrogens with one attached hydrogen (secondary N) is 1. The summed E-state index contributed by atoms with van der Waals surface area (Å²) in [4.78, 5) is 14.3. The van der Waals surface area contributed by atoms with Crippen LogP contribution in [0.25, 0.3) is 0 Å². The highest BCUT2D eigenvalue weighted by atomic mass is 19.1. The summed E-state index contributed by atoms with van der Waals surface area (Å²) in [5.74, 6) is -0.227. The van der Waals surface area contributed by atoms with Crippen LogP contribution in [-0.2, 0) is 4.79 Å². The molecule has 122 valence electrons. The Bertz CT molecular complexity index is 489. The van der Waals surface area contributed by atoms with Gasteiger partial charge < -0.3 is 15.3 Å². The molecule has 4 nitrogen and oxygen atoms in total. The van der Waals surface area contributed by atoms with Gasteiger partial charge in [-0.05, 0) is 49.5 Å². The molecule has 1 fully saturated rings. The summed E-state index contributed by atoms with van der Waals surface area (Å²) in [6.07, 6.45) is 1.52. The molecule has 2 N–H and O–H groups in total. The summed E-state index contributed by atoms with van der Waals surface area (Å²) in [6.45, 7) is 6.01. The summed E-state index contributed by atoms with van der Waals surface area (Å²) >= 11 is 0.